The number of amides is 1. The molecule has 1 unspecified atom stereocenters. The third-order valence-corrected chi connectivity index (χ3v) is 4.90. The summed E-state index contributed by atoms with van der Waals surface area (Å²) in [5.74, 6) is -0.136. The molecule has 4 nitrogen and oxygen atoms in total. The smallest absolute Gasteiger partial charge is 0.246 e. The monoisotopic (exact) mass is 341 g/mol. The fourth-order valence-electron chi connectivity index (χ4n) is 3.59. The number of nitrogens with one attached hydrogen (secondary N) is 2. The van der Waals surface area contributed by atoms with Crippen molar-refractivity contribution in [3.63, 3.8) is 0 Å². The highest BCUT2D eigenvalue weighted by molar-refractivity contribution is 6.02. The molecule has 1 aliphatic rings. The minimum Gasteiger partial charge on any atom is -0.373 e. The predicted octanol–water partition coefficient (Wildman–Crippen LogP) is 4.25. The highest BCUT2D eigenvalue weighted by Crippen LogP contribution is 2.35. The van der Waals surface area contributed by atoms with Crippen LogP contribution >= 0.6 is 0 Å². The molecule has 0 fully saturated rings. The van der Waals surface area contributed by atoms with Gasteiger partial charge in [-0.1, -0.05) is 30.3 Å². The Morgan fingerprint density at radius 3 is 2.65 bits per heavy atom. The molecule has 1 aliphatic carbocycles. The van der Waals surface area contributed by atoms with E-state index in [1.54, 1.807) is 24.3 Å². The predicted molar refractivity (Wildman–Crippen MR) is 104 cm³/mol. The average molecular weight is 341 g/mol. The summed E-state index contributed by atoms with van der Waals surface area (Å²) in [7, 11) is 0. The number of nitrogens with zero attached hydrogens (tertiary/aromatic N) is 1. The lowest BCUT2D eigenvalue weighted by Crippen LogP contribution is -2.31. The van der Waals surface area contributed by atoms with Crippen molar-refractivity contribution in [1.82, 2.24) is 0 Å². The van der Waals surface area contributed by atoms with E-state index in [0.717, 1.165) is 18.5 Å². The van der Waals surface area contributed by atoms with Crippen LogP contribution in [-0.4, -0.2) is 11.9 Å². The van der Waals surface area contributed by atoms with Crippen molar-refractivity contribution in [3.05, 3.63) is 71.3 Å². The van der Waals surface area contributed by atoms with Crippen LogP contribution in [0.1, 0.15) is 23.6 Å². The fourth-order valence-corrected chi connectivity index (χ4v) is 3.59. The van der Waals surface area contributed by atoms with Gasteiger partial charge in [-0.15, -0.1) is 0 Å². The molecule has 2 N–H and O–H groups in total. The maximum absolute atomic E-state index is 12.5. The van der Waals surface area contributed by atoms with E-state index in [2.05, 4.69) is 47.0 Å². The molecule has 4 heteroatoms. The molecule has 0 heterocycles. The van der Waals surface area contributed by atoms with Crippen molar-refractivity contribution in [2.45, 2.75) is 25.8 Å². The number of carbonyl (C=O) groups excluding carboxylic acids is 1. The number of carbonyl (C=O) groups is 1. The molecular formula is C22H19N3O. The summed E-state index contributed by atoms with van der Waals surface area (Å²) in [6.45, 7) is 1.84. The van der Waals surface area contributed by atoms with Gasteiger partial charge in [0.05, 0.1) is 11.6 Å². The van der Waals surface area contributed by atoms with Gasteiger partial charge in [0.15, 0.2) is 0 Å². The first kappa shape index (κ1) is 16.2. The second kappa shape index (κ2) is 6.53. The number of benzene rings is 3. The van der Waals surface area contributed by atoms with Gasteiger partial charge in [-0.3, -0.25) is 4.79 Å². The highest BCUT2D eigenvalue weighted by Gasteiger charge is 2.18. The summed E-state index contributed by atoms with van der Waals surface area (Å²) < 4.78 is 0. The molecule has 0 aliphatic heterocycles. The highest BCUT2D eigenvalue weighted by atomic mass is 16.2. The zero-order chi connectivity index (χ0) is 18.1. The molecule has 4 rings (SSSR count). The molecule has 3 aromatic carbocycles. The lowest BCUT2D eigenvalue weighted by atomic mass is 10.0. The van der Waals surface area contributed by atoms with E-state index in [1.807, 2.05) is 6.92 Å². The number of hydrogen-bond acceptors (Lipinski definition) is 3. The quantitative estimate of drug-likeness (QED) is 0.745. The van der Waals surface area contributed by atoms with Gasteiger partial charge in [-0.25, -0.2) is 0 Å². The second-order valence-electron chi connectivity index (χ2n) is 6.66. The van der Waals surface area contributed by atoms with E-state index >= 15 is 0 Å². The second-order valence-corrected chi connectivity index (χ2v) is 6.66. The third kappa shape index (κ3) is 2.89. The van der Waals surface area contributed by atoms with Crippen molar-refractivity contribution in [2.75, 3.05) is 10.6 Å². The SMILES string of the molecule is CC(Nc1ccc2c3c(cccc13)CC2)C(=O)Nc1cccc(C#N)c1. The molecule has 0 saturated carbocycles. The Balaban J connectivity index is 1.55. The first-order chi connectivity index (χ1) is 12.7. The van der Waals surface area contributed by atoms with Gasteiger partial charge in [-0.05, 0) is 60.5 Å². The number of rotatable bonds is 4. The van der Waals surface area contributed by atoms with Gasteiger partial charge >= 0.3 is 0 Å². The lowest BCUT2D eigenvalue weighted by Gasteiger charge is -2.17. The molecule has 3 aromatic rings. The third-order valence-electron chi connectivity index (χ3n) is 4.90. The van der Waals surface area contributed by atoms with Crippen molar-refractivity contribution in [3.8, 4) is 6.07 Å². The molecule has 1 atom stereocenters. The van der Waals surface area contributed by atoms with Crippen LogP contribution in [0.5, 0.6) is 0 Å². The van der Waals surface area contributed by atoms with Crippen molar-refractivity contribution >= 4 is 28.1 Å². The van der Waals surface area contributed by atoms with Gasteiger partial charge in [-0.2, -0.15) is 5.26 Å². The van der Waals surface area contributed by atoms with E-state index in [0.29, 0.717) is 11.3 Å². The van der Waals surface area contributed by atoms with Gasteiger partial charge in [0.25, 0.3) is 0 Å². The molecule has 0 radical (unpaired) electrons. The first-order valence-electron chi connectivity index (χ1n) is 8.77. The van der Waals surface area contributed by atoms with Gasteiger partial charge in [0.1, 0.15) is 6.04 Å². The molecule has 0 spiro atoms. The summed E-state index contributed by atoms with van der Waals surface area (Å²) in [5, 5.41) is 17.7. The largest absolute Gasteiger partial charge is 0.373 e. The van der Waals surface area contributed by atoms with E-state index in [-0.39, 0.29) is 5.91 Å². The number of anilines is 2. The van der Waals surface area contributed by atoms with Crippen LogP contribution in [-0.2, 0) is 17.6 Å². The zero-order valence-electron chi connectivity index (χ0n) is 14.5. The van der Waals surface area contributed by atoms with Crippen LogP contribution in [0.3, 0.4) is 0 Å². The number of nitriles is 1. The normalized spacial score (nSPS) is 13.2. The van der Waals surface area contributed by atoms with Crippen LogP contribution in [0.2, 0.25) is 0 Å². The minimum absolute atomic E-state index is 0.136. The standard InChI is InChI=1S/C22H19N3O/c1-14(22(26)25-18-6-2-4-15(12-18)13-23)24-20-11-10-17-9-8-16-5-3-7-19(20)21(16)17/h2-7,10-12,14,24H,8-9H2,1H3,(H,25,26). The average Bonchev–Trinajstić information content (AvgIpc) is 3.09. The molecule has 0 aromatic heterocycles. The van der Waals surface area contributed by atoms with Crippen LogP contribution in [0.25, 0.3) is 10.8 Å². The van der Waals surface area contributed by atoms with E-state index in [1.165, 1.54) is 21.9 Å². The number of aryl methyl sites for hydroxylation is 2. The van der Waals surface area contributed by atoms with E-state index in [9.17, 15) is 4.79 Å². The maximum Gasteiger partial charge on any atom is 0.246 e. The molecule has 0 bridgehead atoms. The van der Waals surface area contributed by atoms with Crippen molar-refractivity contribution < 1.29 is 4.79 Å². The maximum atomic E-state index is 12.5. The van der Waals surface area contributed by atoms with Crippen LogP contribution in [0, 0.1) is 11.3 Å². The number of hydrogen-bond donors (Lipinski definition) is 2. The Bertz CT molecular complexity index is 1040. The summed E-state index contributed by atoms with van der Waals surface area (Å²) in [6.07, 6.45) is 2.17. The van der Waals surface area contributed by atoms with Gasteiger partial charge in [0.2, 0.25) is 5.91 Å². The van der Waals surface area contributed by atoms with Gasteiger partial charge in [0, 0.05) is 16.8 Å². The van der Waals surface area contributed by atoms with Crippen molar-refractivity contribution in [1.29, 1.82) is 5.26 Å². The first-order valence-corrected chi connectivity index (χ1v) is 8.77. The van der Waals surface area contributed by atoms with E-state index in [4.69, 9.17) is 5.26 Å². The molecule has 26 heavy (non-hydrogen) atoms. The Kier molecular flexibility index (Phi) is 4.06. The topological polar surface area (TPSA) is 64.9 Å². The minimum atomic E-state index is -0.404. The zero-order valence-corrected chi connectivity index (χ0v) is 14.5. The fraction of sp³-hybridized carbons (Fsp3) is 0.182. The lowest BCUT2D eigenvalue weighted by molar-refractivity contribution is -0.116. The Morgan fingerprint density at radius 2 is 1.85 bits per heavy atom. The van der Waals surface area contributed by atoms with Crippen LogP contribution in [0.4, 0.5) is 11.4 Å². The Labute approximate surface area is 152 Å². The summed E-state index contributed by atoms with van der Waals surface area (Å²) in [4.78, 5) is 12.5. The van der Waals surface area contributed by atoms with Crippen molar-refractivity contribution in [2.24, 2.45) is 0 Å². The summed E-state index contributed by atoms with van der Waals surface area (Å²) in [6, 6.07) is 19.2. The summed E-state index contributed by atoms with van der Waals surface area (Å²) in [5.41, 5.74) is 4.89. The Hall–Kier alpha value is -3.32. The molecule has 1 amide bonds. The van der Waals surface area contributed by atoms with Crippen LogP contribution < -0.4 is 10.6 Å². The molecular weight excluding hydrogens is 322 g/mol. The van der Waals surface area contributed by atoms with E-state index < -0.39 is 6.04 Å². The van der Waals surface area contributed by atoms with Gasteiger partial charge < -0.3 is 10.6 Å². The Morgan fingerprint density at radius 1 is 1.08 bits per heavy atom. The summed E-state index contributed by atoms with van der Waals surface area (Å²) >= 11 is 0. The molecule has 128 valence electrons. The van der Waals surface area contributed by atoms with Crippen LogP contribution in [0.15, 0.2) is 54.6 Å². The molecule has 0 saturated heterocycles.